The van der Waals surface area contributed by atoms with Crippen LogP contribution in [0.3, 0.4) is 0 Å². The average Bonchev–Trinajstić information content (AvgIpc) is 2.75. The van der Waals surface area contributed by atoms with Crippen LogP contribution in [0, 0.1) is 0 Å². The molecule has 1 N–H and O–H groups in total. The monoisotopic (exact) mass is 370 g/mol. The van der Waals surface area contributed by atoms with E-state index in [2.05, 4.69) is 10.2 Å². The summed E-state index contributed by atoms with van der Waals surface area (Å²) < 4.78 is 5.83. The molecule has 0 aliphatic carbocycles. The molecular weight excluding hydrogens is 352 g/mol. The average molecular weight is 370 g/mol. The highest BCUT2D eigenvalue weighted by Crippen LogP contribution is 2.26. The second kappa shape index (κ2) is 7.88. The fraction of sp³-hybridized carbons (Fsp3) is 0.0870. The number of nitrogens with one attached hydrogen (secondary N) is 1. The number of carbonyl (C=O) groups is 1. The standard InChI is InChI=1S/C23H18N2O3/c26-21(15-20-18-13-7-8-14-19(18)23(27)25-24-20)28-22(16-9-3-1-4-10-16)17-11-5-2-6-12-17/h1-14,22H,15H2,(H,25,27). The number of hydrogen-bond donors (Lipinski definition) is 1. The van der Waals surface area contributed by atoms with Gasteiger partial charge in [0.25, 0.3) is 5.56 Å². The van der Waals surface area contributed by atoms with Crippen molar-refractivity contribution in [1.29, 1.82) is 0 Å². The van der Waals surface area contributed by atoms with Gasteiger partial charge in [0.05, 0.1) is 17.5 Å². The fourth-order valence-corrected chi connectivity index (χ4v) is 3.20. The van der Waals surface area contributed by atoms with Crippen molar-refractivity contribution < 1.29 is 9.53 Å². The highest BCUT2D eigenvalue weighted by atomic mass is 16.5. The van der Waals surface area contributed by atoms with Crippen molar-refractivity contribution in [3.63, 3.8) is 0 Å². The van der Waals surface area contributed by atoms with Gasteiger partial charge in [0.15, 0.2) is 6.10 Å². The third kappa shape index (κ3) is 3.69. The van der Waals surface area contributed by atoms with Gasteiger partial charge in [-0.25, -0.2) is 5.10 Å². The van der Waals surface area contributed by atoms with Gasteiger partial charge in [0.2, 0.25) is 0 Å². The molecule has 0 saturated carbocycles. The lowest BCUT2D eigenvalue weighted by atomic mass is 10.0. The second-order valence-corrected chi connectivity index (χ2v) is 6.41. The lowest BCUT2D eigenvalue weighted by molar-refractivity contribution is -0.146. The summed E-state index contributed by atoms with van der Waals surface area (Å²) in [7, 11) is 0. The Morgan fingerprint density at radius 1 is 0.821 bits per heavy atom. The molecule has 4 rings (SSSR count). The van der Waals surface area contributed by atoms with E-state index in [1.165, 1.54) is 0 Å². The highest BCUT2D eigenvalue weighted by Gasteiger charge is 2.20. The summed E-state index contributed by atoms with van der Waals surface area (Å²) in [6.45, 7) is 0. The maximum absolute atomic E-state index is 12.7. The van der Waals surface area contributed by atoms with Gasteiger partial charge in [-0.2, -0.15) is 5.10 Å². The number of aromatic amines is 1. The van der Waals surface area contributed by atoms with Crippen LogP contribution >= 0.6 is 0 Å². The van der Waals surface area contributed by atoms with E-state index in [-0.39, 0.29) is 12.0 Å². The summed E-state index contributed by atoms with van der Waals surface area (Å²) in [5.41, 5.74) is 1.99. The lowest BCUT2D eigenvalue weighted by Gasteiger charge is -2.19. The van der Waals surface area contributed by atoms with Crippen LogP contribution in [0.15, 0.2) is 89.7 Å². The first-order valence-electron chi connectivity index (χ1n) is 8.98. The van der Waals surface area contributed by atoms with Crippen LogP contribution in [0.25, 0.3) is 10.8 Å². The fourth-order valence-electron chi connectivity index (χ4n) is 3.20. The molecule has 3 aromatic carbocycles. The first-order chi connectivity index (χ1) is 13.7. The minimum Gasteiger partial charge on any atom is -0.452 e. The Morgan fingerprint density at radius 2 is 1.36 bits per heavy atom. The number of nitrogens with zero attached hydrogens (tertiary/aromatic N) is 1. The molecule has 4 aromatic rings. The molecule has 138 valence electrons. The molecule has 0 spiro atoms. The van der Waals surface area contributed by atoms with E-state index < -0.39 is 12.1 Å². The van der Waals surface area contributed by atoms with Crippen molar-refractivity contribution in [2.45, 2.75) is 12.5 Å². The molecule has 0 unspecified atom stereocenters. The van der Waals surface area contributed by atoms with E-state index in [4.69, 9.17) is 4.74 Å². The van der Waals surface area contributed by atoms with Gasteiger partial charge in [-0.1, -0.05) is 78.9 Å². The van der Waals surface area contributed by atoms with Crippen molar-refractivity contribution in [1.82, 2.24) is 10.2 Å². The molecule has 0 saturated heterocycles. The first kappa shape index (κ1) is 17.7. The first-order valence-corrected chi connectivity index (χ1v) is 8.98. The maximum atomic E-state index is 12.7. The van der Waals surface area contributed by atoms with Gasteiger partial charge in [0.1, 0.15) is 0 Å². The number of rotatable bonds is 5. The molecule has 0 atom stereocenters. The van der Waals surface area contributed by atoms with Gasteiger partial charge in [-0.15, -0.1) is 0 Å². The summed E-state index contributed by atoms with van der Waals surface area (Å²) in [5, 5.41) is 7.67. The van der Waals surface area contributed by atoms with Gasteiger partial charge >= 0.3 is 5.97 Å². The summed E-state index contributed by atoms with van der Waals surface area (Å²) in [6.07, 6.45) is -0.545. The van der Waals surface area contributed by atoms with Crippen molar-refractivity contribution >= 4 is 16.7 Å². The predicted octanol–water partition coefficient (Wildman–Crippen LogP) is 3.80. The van der Waals surface area contributed by atoms with Crippen LogP contribution in [0.5, 0.6) is 0 Å². The summed E-state index contributed by atoms with van der Waals surface area (Å²) >= 11 is 0. The number of ether oxygens (including phenoxy) is 1. The Hall–Kier alpha value is -3.73. The largest absolute Gasteiger partial charge is 0.452 e. The quantitative estimate of drug-likeness (QED) is 0.543. The van der Waals surface area contributed by atoms with Crippen LogP contribution in [0.4, 0.5) is 0 Å². The van der Waals surface area contributed by atoms with Crippen LogP contribution in [0.1, 0.15) is 22.9 Å². The number of esters is 1. The SMILES string of the molecule is O=C(Cc1n[nH]c(=O)c2ccccc12)OC(c1ccccc1)c1ccccc1. The molecule has 0 aliphatic rings. The van der Waals surface area contributed by atoms with Crippen LogP contribution in [-0.4, -0.2) is 16.2 Å². The number of hydrogen-bond acceptors (Lipinski definition) is 4. The number of carbonyl (C=O) groups excluding carboxylic acids is 1. The van der Waals surface area contributed by atoms with Crippen molar-refractivity contribution in [2.24, 2.45) is 0 Å². The Bertz CT molecular complexity index is 1120. The van der Waals surface area contributed by atoms with E-state index >= 15 is 0 Å². The van der Waals surface area contributed by atoms with Crippen molar-refractivity contribution in [2.75, 3.05) is 0 Å². The number of fused-ring (bicyclic) bond motifs is 1. The Labute approximate surface area is 161 Å². The summed E-state index contributed by atoms with van der Waals surface area (Å²) in [6, 6.07) is 26.3. The van der Waals surface area contributed by atoms with E-state index in [0.717, 1.165) is 11.1 Å². The van der Waals surface area contributed by atoms with E-state index in [1.54, 1.807) is 18.2 Å². The van der Waals surface area contributed by atoms with Crippen molar-refractivity contribution in [3.05, 3.63) is 112 Å². The molecule has 28 heavy (non-hydrogen) atoms. The normalized spacial score (nSPS) is 10.9. The van der Waals surface area contributed by atoms with E-state index in [1.807, 2.05) is 66.7 Å². The number of H-pyrrole nitrogens is 1. The second-order valence-electron chi connectivity index (χ2n) is 6.41. The van der Waals surface area contributed by atoms with Crippen LogP contribution in [0.2, 0.25) is 0 Å². The topological polar surface area (TPSA) is 72.0 Å². The third-order valence-electron chi connectivity index (χ3n) is 4.54. The van der Waals surface area contributed by atoms with Gasteiger partial charge in [0, 0.05) is 5.39 Å². The van der Waals surface area contributed by atoms with E-state index in [9.17, 15) is 9.59 Å². The maximum Gasteiger partial charge on any atom is 0.312 e. The van der Waals surface area contributed by atoms with E-state index in [0.29, 0.717) is 16.5 Å². The molecule has 0 aliphatic heterocycles. The molecule has 5 heteroatoms. The van der Waals surface area contributed by atoms with Crippen molar-refractivity contribution in [3.8, 4) is 0 Å². The zero-order valence-corrected chi connectivity index (χ0v) is 15.0. The molecule has 0 amide bonds. The molecule has 0 fully saturated rings. The Balaban J connectivity index is 1.63. The molecule has 5 nitrogen and oxygen atoms in total. The lowest BCUT2D eigenvalue weighted by Crippen LogP contribution is -2.17. The van der Waals surface area contributed by atoms with Crippen LogP contribution < -0.4 is 5.56 Å². The molecule has 1 aromatic heterocycles. The smallest absolute Gasteiger partial charge is 0.312 e. The zero-order valence-electron chi connectivity index (χ0n) is 15.0. The molecule has 0 radical (unpaired) electrons. The minimum atomic E-state index is -0.510. The van der Waals surface area contributed by atoms with Crippen LogP contribution in [-0.2, 0) is 16.0 Å². The highest BCUT2D eigenvalue weighted by molar-refractivity contribution is 5.86. The molecule has 0 bridgehead atoms. The van der Waals surface area contributed by atoms with Gasteiger partial charge in [-0.05, 0) is 17.2 Å². The zero-order chi connectivity index (χ0) is 19.3. The van der Waals surface area contributed by atoms with Gasteiger partial charge in [-0.3, -0.25) is 9.59 Å². The Kier molecular flexibility index (Phi) is 4.97. The molecule has 1 heterocycles. The Morgan fingerprint density at radius 3 is 1.96 bits per heavy atom. The third-order valence-corrected chi connectivity index (χ3v) is 4.54. The van der Waals surface area contributed by atoms with Gasteiger partial charge < -0.3 is 4.74 Å². The summed E-state index contributed by atoms with van der Waals surface area (Å²) in [4.78, 5) is 24.7. The predicted molar refractivity (Wildman–Crippen MR) is 107 cm³/mol. The summed E-state index contributed by atoms with van der Waals surface area (Å²) in [5.74, 6) is -0.414. The number of benzene rings is 3. The molecular formula is C23H18N2O3. The minimum absolute atomic E-state index is 0.0343. The number of aromatic nitrogens is 2.